The number of rotatable bonds is 6. The first kappa shape index (κ1) is 20.9. The number of anilines is 2. The van der Waals surface area contributed by atoms with Gasteiger partial charge in [0, 0.05) is 35.4 Å². The Morgan fingerprint density at radius 1 is 1.06 bits per heavy atom. The summed E-state index contributed by atoms with van der Waals surface area (Å²) in [5, 5.41) is 3.65. The zero-order chi connectivity index (χ0) is 21.8. The normalized spacial score (nSPS) is 13.9. The Bertz CT molecular complexity index is 1080. The SMILES string of the molecule is Cc1ccc2c(CC(=O)OCC(=O)Nc3ccc(N4CCOCC4)cc3)coc2c1C. The summed E-state index contributed by atoms with van der Waals surface area (Å²) in [6.45, 7) is 6.81. The summed E-state index contributed by atoms with van der Waals surface area (Å²) in [4.78, 5) is 26.6. The highest BCUT2D eigenvalue weighted by molar-refractivity contribution is 5.93. The zero-order valence-corrected chi connectivity index (χ0v) is 17.8. The molecule has 162 valence electrons. The van der Waals surface area contributed by atoms with Crippen molar-refractivity contribution in [2.24, 2.45) is 0 Å². The number of hydrogen-bond donors (Lipinski definition) is 1. The molecule has 1 amide bonds. The van der Waals surface area contributed by atoms with Crippen LogP contribution < -0.4 is 10.2 Å². The molecule has 1 aliphatic rings. The van der Waals surface area contributed by atoms with Crippen LogP contribution in [-0.2, 0) is 25.5 Å². The molecule has 1 aliphatic heterocycles. The number of furan rings is 1. The Labute approximate surface area is 180 Å². The van der Waals surface area contributed by atoms with Crippen LogP contribution in [0.1, 0.15) is 16.7 Å². The van der Waals surface area contributed by atoms with E-state index in [1.54, 1.807) is 6.26 Å². The van der Waals surface area contributed by atoms with Crippen molar-refractivity contribution in [2.75, 3.05) is 43.1 Å². The highest BCUT2D eigenvalue weighted by Crippen LogP contribution is 2.27. The molecule has 2 aromatic carbocycles. The molecule has 1 N–H and O–H groups in total. The van der Waals surface area contributed by atoms with Crippen molar-refractivity contribution in [1.29, 1.82) is 0 Å². The lowest BCUT2D eigenvalue weighted by atomic mass is 10.0. The number of hydrogen-bond acceptors (Lipinski definition) is 6. The van der Waals surface area contributed by atoms with Crippen molar-refractivity contribution in [3.8, 4) is 0 Å². The number of carbonyl (C=O) groups excluding carboxylic acids is 2. The maximum Gasteiger partial charge on any atom is 0.310 e. The lowest BCUT2D eigenvalue weighted by molar-refractivity contribution is -0.146. The Hall–Kier alpha value is -3.32. The van der Waals surface area contributed by atoms with Gasteiger partial charge in [0.05, 0.1) is 25.9 Å². The topological polar surface area (TPSA) is 81.0 Å². The molecule has 4 rings (SSSR count). The van der Waals surface area contributed by atoms with Crippen LogP contribution in [0.25, 0.3) is 11.0 Å². The predicted molar refractivity (Wildman–Crippen MR) is 118 cm³/mol. The molecule has 31 heavy (non-hydrogen) atoms. The molecule has 2 heterocycles. The molecule has 0 spiro atoms. The number of esters is 1. The molecule has 7 heteroatoms. The summed E-state index contributed by atoms with van der Waals surface area (Å²) in [7, 11) is 0. The summed E-state index contributed by atoms with van der Waals surface area (Å²) in [6, 6.07) is 11.5. The second-order valence-electron chi connectivity index (χ2n) is 7.68. The van der Waals surface area contributed by atoms with E-state index in [-0.39, 0.29) is 18.9 Å². The van der Waals surface area contributed by atoms with Crippen molar-refractivity contribution in [2.45, 2.75) is 20.3 Å². The van der Waals surface area contributed by atoms with Gasteiger partial charge in [-0.2, -0.15) is 0 Å². The average molecular weight is 422 g/mol. The number of carbonyl (C=O) groups is 2. The van der Waals surface area contributed by atoms with Crippen molar-refractivity contribution in [3.63, 3.8) is 0 Å². The van der Waals surface area contributed by atoms with Crippen molar-refractivity contribution in [1.82, 2.24) is 0 Å². The molecule has 0 saturated carbocycles. The third-order valence-corrected chi connectivity index (χ3v) is 5.57. The molecule has 1 saturated heterocycles. The van der Waals surface area contributed by atoms with Gasteiger partial charge >= 0.3 is 5.97 Å². The van der Waals surface area contributed by atoms with Crippen molar-refractivity contribution >= 4 is 34.2 Å². The molecule has 1 aromatic heterocycles. The summed E-state index contributed by atoms with van der Waals surface area (Å²) in [6.07, 6.45) is 1.63. The van der Waals surface area contributed by atoms with Gasteiger partial charge in [-0.05, 0) is 49.2 Å². The first-order valence-electron chi connectivity index (χ1n) is 10.4. The van der Waals surface area contributed by atoms with Crippen LogP contribution in [0.3, 0.4) is 0 Å². The van der Waals surface area contributed by atoms with Crippen molar-refractivity contribution < 1.29 is 23.5 Å². The largest absolute Gasteiger partial charge is 0.464 e. The number of nitrogens with one attached hydrogen (secondary N) is 1. The fourth-order valence-corrected chi connectivity index (χ4v) is 3.65. The Kier molecular flexibility index (Phi) is 6.23. The van der Waals surface area contributed by atoms with Crippen molar-refractivity contribution in [3.05, 3.63) is 59.4 Å². The molecule has 7 nitrogen and oxygen atoms in total. The molecule has 0 aliphatic carbocycles. The number of morpholine rings is 1. The van der Waals surface area contributed by atoms with Gasteiger partial charge in [0.15, 0.2) is 6.61 Å². The fourth-order valence-electron chi connectivity index (χ4n) is 3.65. The minimum atomic E-state index is -0.473. The maximum atomic E-state index is 12.2. The third kappa shape index (κ3) is 4.88. The number of nitrogens with zero attached hydrogens (tertiary/aromatic N) is 1. The van der Waals surface area contributed by atoms with Crippen LogP contribution in [-0.4, -0.2) is 44.8 Å². The predicted octanol–water partition coefficient (Wildman–Crippen LogP) is 3.61. The summed E-state index contributed by atoms with van der Waals surface area (Å²) in [5.41, 5.74) is 5.46. The van der Waals surface area contributed by atoms with Gasteiger partial charge in [-0.3, -0.25) is 9.59 Å². The Morgan fingerprint density at radius 3 is 2.55 bits per heavy atom. The van der Waals surface area contributed by atoms with Gasteiger partial charge in [-0.1, -0.05) is 12.1 Å². The highest BCUT2D eigenvalue weighted by Gasteiger charge is 2.15. The van der Waals surface area contributed by atoms with E-state index in [0.29, 0.717) is 5.69 Å². The standard InChI is InChI=1S/C24H26N2O5/c1-16-3-8-21-18(14-31-24(21)17(16)2)13-23(28)30-15-22(27)25-19-4-6-20(7-5-19)26-9-11-29-12-10-26/h3-8,14H,9-13,15H2,1-2H3,(H,25,27). The van der Waals surface area contributed by atoms with E-state index in [1.807, 2.05) is 50.2 Å². The third-order valence-electron chi connectivity index (χ3n) is 5.57. The zero-order valence-electron chi connectivity index (χ0n) is 17.8. The molecular weight excluding hydrogens is 396 g/mol. The number of ether oxygens (including phenoxy) is 2. The van der Waals surface area contributed by atoms with Crippen LogP contribution in [0, 0.1) is 13.8 Å². The Balaban J connectivity index is 1.28. The molecule has 0 radical (unpaired) electrons. The lowest BCUT2D eigenvalue weighted by Gasteiger charge is -2.28. The number of amides is 1. The molecular formula is C24H26N2O5. The maximum absolute atomic E-state index is 12.2. The monoisotopic (exact) mass is 422 g/mol. The van der Waals surface area contributed by atoms with Crippen LogP contribution in [0.5, 0.6) is 0 Å². The number of aryl methyl sites for hydroxylation is 2. The van der Waals surface area contributed by atoms with Gasteiger partial charge < -0.3 is 24.1 Å². The quantitative estimate of drug-likeness (QED) is 0.611. The van der Waals surface area contributed by atoms with Crippen LogP contribution >= 0.6 is 0 Å². The summed E-state index contributed by atoms with van der Waals surface area (Å²) >= 11 is 0. The summed E-state index contributed by atoms with van der Waals surface area (Å²) in [5.74, 6) is -0.852. The summed E-state index contributed by atoms with van der Waals surface area (Å²) < 4.78 is 16.1. The second-order valence-corrected chi connectivity index (χ2v) is 7.68. The van der Waals surface area contributed by atoms with Gasteiger partial charge in [-0.15, -0.1) is 0 Å². The molecule has 0 atom stereocenters. The van der Waals surface area contributed by atoms with E-state index >= 15 is 0 Å². The van der Waals surface area contributed by atoms with Gasteiger partial charge in [0.1, 0.15) is 5.58 Å². The van der Waals surface area contributed by atoms with E-state index in [2.05, 4.69) is 10.2 Å². The smallest absolute Gasteiger partial charge is 0.310 e. The van der Waals surface area contributed by atoms with E-state index < -0.39 is 5.97 Å². The van der Waals surface area contributed by atoms with E-state index in [0.717, 1.165) is 59.7 Å². The first-order valence-corrected chi connectivity index (χ1v) is 10.4. The highest BCUT2D eigenvalue weighted by atomic mass is 16.5. The van der Waals surface area contributed by atoms with Gasteiger partial charge in [0.25, 0.3) is 5.91 Å². The lowest BCUT2D eigenvalue weighted by Crippen LogP contribution is -2.36. The second kappa shape index (κ2) is 9.22. The first-order chi connectivity index (χ1) is 15.0. The number of benzene rings is 2. The van der Waals surface area contributed by atoms with Crippen LogP contribution in [0.15, 0.2) is 47.1 Å². The minimum absolute atomic E-state index is 0.0526. The minimum Gasteiger partial charge on any atom is -0.464 e. The molecule has 3 aromatic rings. The van der Waals surface area contributed by atoms with Crippen LogP contribution in [0.2, 0.25) is 0 Å². The van der Waals surface area contributed by atoms with Gasteiger partial charge in [0.2, 0.25) is 0 Å². The molecule has 1 fully saturated rings. The van der Waals surface area contributed by atoms with E-state index in [1.165, 1.54) is 0 Å². The Morgan fingerprint density at radius 2 is 1.81 bits per heavy atom. The molecule has 0 unspecified atom stereocenters. The van der Waals surface area contributed by atoms with E-state index in [9.17, 15) is 9.59 Å². The average Bonchev–Trinajstić information content (AvgIpc) is 3.19. The van der Waals surface area contributed by atoms with Gasteiger partial charge in [-0.25, -0.2) is 0 Å². The number of fused-ring (bicyclic) bond motifs is 1. The molecule has 0 bridgehead atoms. The van der Waals surface area contributed by atoms with E-state index in [4.69, 9.17) is 13.9 Å². The van der Waals surface area contributed by atoms with Crippen LogP contribution in [0.4, 0.5) is 11.4 Å². The fraction of sp³-hybridized carbons (Fsp3) is 0.333.